The molecule has 0 spiro atoms. The first-order valence-electron chi connectivity index (χ1n) is 5.73. The highest BCUT2D eigenvalue weighted by Gasteiger charge is 2.25. The van der Waals surface area contributed by atoms with E-state index in [1.165, 1.54) is 7.11 Å². The zero-order valence-corrected chi connectivity index (χ0v) is 11.5. The van der Waals surface area contributed by atoms with Crippen molar-refractivity contribution in [2.24, 2.45) is 5.92 Å². The molecular weight excluding hydrogens is 225 g/mol. The van der Waals surface area contributed by atoms with Crippen LogP contribution in [0.4, 0.5) is 4.79 Å². The van der Waals surface area contributed by atoms with Crippen molar-refractivity contribution in [3.8, 4) is 0 Å². The average molecular weight is 248 g/mol. The quantitative estimate of drug-likeness (QED) is 0.470. The van der Waals surface area contributed by atoms with Gasteiger partial charge in [0.2, 0.25) is 0 Å². The van der Waals surface area contributed by atoms with Gasteiger partial charge in [-0.25, -0.2) is 9.59 Å². The summed E-state index contributed by atoms with van der Waals surface area (Å²) in [6.07, 6.45) is -0.0834. The Morgan fingerprint density at radius 3 is 2.12 bits per heavy atom. The van der Waals surface area contributed by atoms with Crippen LogP contribution in [0.15, 0.2) is 0 Å². The van der Waals surface area contributed by atoms with Crippen LogP contribution in [-0.2, 0) is 14.3 Å². The molecule has 0 aliphatic heterocycles. The molecule has 0 unspecified atom stereocenters. The maximum atomic E-state index is 11.5. The third kappa shape index (κ3) is 7.60. The lowest BCUT2D eigenvalue weighted by Gasteiger charge is -2.23. The summed E-state index contributed by atoms with van der Waals surface area (Å²) in [5.41, 5.74) is -0.581. The number of nitrogens with one attached hydrogen (secondary N) is 1. The van der Waals surface area contributed by atoms with Crippen LogP contribution in [0.2, 0.25) is 0 Å². The summed E-state index contributed by atoms with van der Waals surface area (Å²) in [5, 5.41) is 2.52. The molecule has 0 radical (unpaired) electrons. The van der Waals surface area contributed by atoms with E-state index in [0.29, 0.717) is 6.42 Å². The number of alkyl carbamates (subject to hydrolysis) is 1. The van der Waals surface area contributed by atoms with Gasteiger partial charge in [-0.1, -0.05) is 13.8 Å². The largest absolute Gasteiger partial charge is 0.467 e. The summed E-state index contributed by atoms with van der Waals surface area (Å²) in [6.45, 7) is 9.23. The molecule has 0 aliphatic rings. The Morgan fingerprint density at radius 1 is 1.24 bits per heavy atom. The van der Waals surface area contributed by atoms with Crippen molar-refractivity contribution < 1.29 is 19.1 Å². The van der Waals surface area contributed by atoms with Gasteiger partial charge < -0.3 is 14.8 Å². The lowest BCUT2D eigenvalue weighted by Crippen LogP contribution is -2.44. The van der Waals surface area contributed by atoms with Crippen LogP contribution >= 0.6 is 0 Å². The first-order chi connectivity index (χ1) is 7.65. The molecule has 1 N–H and O–H groups in total. The third-order valence-electron chi connectivity index (χ3n) is 1.88. The molecule has 0 aromatic heterocycles. The second kappa shape index (κ2) is 6.47. The van der Waals surface area contributed by atoms with Crippen molar-refractivity contribution >= 4 is 12.1 Å². The molecule has 5 nitrogen and oxygen atoms in total. The van der Waals surface area contributed by atoms with Crippen LogP contribution < -0.4 is 5.32 Å². The Bertz CT molecular complexity index is 268. The fraction of sp³-hybridized carbons (Fsp3) is 0.833. The van der Waals surface area contributed by atoms with Crippen molar-refractivity contribution in [3.05, 3.63) is 0 Å². The predicted octanol–water partition coefficient (Wildman–Crippen LogP) is 2.10. The van der Waals surface area contributed by atoms with Gasteiger partial charge in [-0.3, -0.25) is 0 Å². The van der Waals surface area contributed by atoms with E-state index >= 15 is 0 Å². The van der Waals surface area contributed by atoms with Crippen LogP contribution in [0.25, 0.3) is 0 Å². The summed E-state index contributed by atoms with van der Waals surface area (Å²) in [4.78, 5) is 23.0. The molecule has 5 heteroatoms. The third-order valence-corrected chi connectivity index (χ3v) is 1.88. The average Bonchev–Trinajstić information content (AvgIpc) is 2.11. The number of carbonyl (C=O) groups excluding carboxylic acids is 2. The Hall–Kier alpha value is -1.26. The van der Waals surface area contributed by atoms with Crippen molar-refractivity contribution in [1.82, 2.24) is 5.32 Å². The van der Waals surface area contributed by atoms with Crippen LogP contribution in [0.1, 0.15) is 41.0 Å². The normalized spacial score (nSPS) is 13.1. The standard InChI is InChI=1S/C12H23NO4/c1-8(2)7-9(10(14)16-6)13-11(15)17-12(3,4)5/h8-9H,7H2,1-6H3,(H,13,15)/t9-/m1/s1/i9+1,10+1,13+1. The highest BCUT2D eigenvalue weighted by atomic mass is 16.6. The Labute approximate surface area is 103 Å². The smallest absolute Gasteiger partial charge is 0.408 e. The van der Waals surface area contributed by atoms with Crippen molar-refractivity contribution in [2.45, 2.75) is 52.7 Å². The monoisotopic (exact) mass is 248 g/mol. The number of rotatable bonds is 4. The Morgan fingerprint density at radius 2 is 1.76 bits per heavy atom. The van der Waals surface area contributed by atoms with Gasteiger partial charge in [0.15, 0.2) is 0 Å². The van der Waals surface area contributed by atoms with Crippen molar-refractivity contribution in [3.63, 3.8) is 0 Å². The summed E-state index contributed by atoms with van der Waals surface area (Å²) in [6, 6.07) is -0.658. The SMILES string of the molecule is CO[13C](=O)[13C@@H](CC(C)C)[15NH]C(=O)OC(C)(C)C. The summed E-state index contributed by atoms with van der Waals surface area (Å²) in [7, 11) is 1.30. The van der Waals surface area contributed by atoms with E-state index in [4.69, 9.17) is 4.74 Å². The minimum Gasteiger partial charge on any atom is -0.467 e. The van der Waals surface area contributed by atoms with Crippen LogP contribution in [0.3, 0.4) is 0 Å². The molecular formula is C12H23NO4. The molecule has 0 rings (SSSR count). The van der Waals surface area contributed by atoms with E-state index in [-0.39, 0.29) is 5.92 Å². The van der Waals surface area contributed by atoms with Gasteiger partial charge in [-0.05, 0) is 33.1 Å². The highest BCUT2D eigenvalue weighted by Crippen LogP contribution is 2.10. The van der Waals surface area contributed by atoms with Crippen LogP contribution in [0.5, 0.6) is 0 Å². The van der Waals surface area contributed by atoms with E-state index < -0.39 is 23.7 Å². The minimum absolute atomic E-state index is 0.272. The van der Waals surface area contributed by atoms with Crippen LogP contribution in [-0.4, -0.2) is 30.8 Å². The number of amides is 1. The molecule has 1 atom stereocenters. The first kappa shape index (κ1) is 15.7. The number of methoxy groups -OCH3 is 1. The molecule has 0 aromatic rings. The van der Waals surface area contributed by atoms with Gasteiger partial charge in [-0.2, -0.15) is 0 Å². The number of esters is 1. The number of hydrogen-bond acceptors (Lipinski definition) is 4. The summed E-state index contributed by atoms with van der Waals surface area (Å²) < 4.78 is 9.72. The topological polar surface area (TPSA) is 64.6 Å². The van der Waals surface area contributed by atoms with E-state index in [1.807, 2.05) is 13.8 Å². The number of ether oxygens (including phenoxy) is 2. The Balaban J connectivity index is 4.43. The van der Waals surface area contributed by atoms with Gasteiger partial charge in [0.05, 0.1) is 7.11 Å². The van der Waals surface area contributed by atoms with Gasteiger partial charge in [0, 0.05) is 0 Å². The van der Waals surface area contributed by atoms with Gasteiger partial charge >= 0.3 is 12.1 Å². The van der Waals surface area contributed by atoms with E-state index in [2.05, 4.69) is 10.1 Å². The van der Waals surface area contributed by atoms with E-state index in [0.717, 1.165) is 0 Å². The van der Waals surface area contributed by atoms with E-state index in [9.17, 15) is 9.59 Å². The Kier molecular flexibility index (Phi) is 5.99. The zero-order valence-electron chi connectivity index (χ0n) is 11.5. The maximum absolute atomic E-state index is 11.5. The van der Waals surface area contributed by atoms with Crippen molar-refractivity contribution in [2.75, 3.05) is 7.11 Å². The number of hydrogen-bond donors (Lipinski definition) is 1. The molecule has 1 amide bonds. The van der Waals surface area contributed by atoms with Crippen LogP contribution in [0, 0.1) is 5.92 Å². The second-order valence-electron chi connectivity index (χ2n) is 5.35. The van der Waals surface area contributed by atoms with Gasteiger partial charge in [0.1, 0.15) is 11.6 Å². The molecule has 0 saturated carbocycles. The lowest BCUT2D eigenvalue weighted by atomic mass is 10.2. The fourth-order valence-corrected chi connectivity index (χ4v) is 1.28. The molecule has 0 saturated heterocycles. The molecule has 17 heavy (non-hydrogen) atoms. The highest BCUT2D eigenvalue weighted by molar-refractivity contribution is 5.81. The molecule has 0 aromatic carbocycles. The van der Waals surface area contributed by atoms with Crippen molar-refractivity contribution in [1.29, 1.82) is 0 Å². The molecule has 100 valence electrons. The van der Waals surface area contributed by atoms with Gasteiger partial charge in [-0.15, -0.1) is 0 Å². The molecule has 0 fully saturated rings. The lowest BCUT2D eigenvalue weighted by molar-refractivity contribution is -0.143. The summed E-state index contributed by atoms with van der Waals surface area (Å²) in [5.74, 6) is -0.182. The molecule has 0 aliphatic carbocycles. The predicted molar refractivity (Wildman–Crippen MR) is 64.6 cm³/mol. The summed E-state index contributed by atoms with van der Waals surface area (Å²) >= 11 is 0. The molecule has 0 bridgehead atoms. The second-order valence-corrected chi connectivity index (χ2v) is 5.35. The van der Waals surface area contributed by atoms with E-state index in [1.54, 1.807) is 20.8 Å². The fourth-order valence-electron chi connectivity index (χ4n) is 1.28. The maximum Gasteiger partial charge on any atom is 0.408 e. The minimum atomic E-state index is -0.658. The number of carbonyl (C=O) groups is 2. The molecule has 0 heterocycles. The van der Waals surface area contributed by atoms with Gasteiger partial charge in [0.25, 0.3) is 0 Å². The zero-order chi connectivity index (χ0) is 13.6. The first-order valence-corrected chi connectivity index (χ1v) is 5.73.